The van der Waals surface area contributed by atoms with Crippen LogP contribution in [0.3, 0.4) is 0 Å². The van der Waals surface area contributed by atoms with Gasteiger partial charge in [0.1, 0.15) is 12.2 Å². The first-order valence-corrected chi connectivity index (χ1v) is 21.0. The second-order valence-corrected chi connectivity index (χ2v) is 17.0. The van der Waals surface area contributed by atoms with Crippen LogP contribution in [0, 0.1) is 0 Å². The number of fused-ring (bicyclic) bond motifs is 4. The second-order valence-electron chi connectivity index (χ2n) is 17.0. The van der Waals surface area contributed by atoms with Crippen LogP contribution in [0.4, 0.5) is 0 Å². The Labute approximate surface area is 351 Å². The van der Waals surface area contributed by atoms with E-state index in [1.54, 1.807) is 24.3 Å². The molecule has 4 bridgehead atoms. The number of rotatable bonds is 15. The van der Waals surface area contributed by atoms with E-state index in [1.165, 1.54) is 27.7 Å². The summed E-state index contributed by atoms with van der Waals surface area (Å²) in [4.78, 5) is 72.2. The molecule has 2 aromatic rings. The number of hydrogen-bond donors (Lipinski definition) is 0. The molecule has 14 nitrogen and oxygen atoms in total. The zero-order chi connectivity index (χ0) is 43.2. The molecule has 4 saturated heterocycles. The van der Waals surface area contributed by atoms with Gasteiger partial charge in [-0.15, -0.1) is 0 Å². The molecule has 0 spiro atoms. The molecule has 0 N–H and O–H groups in total. The van der Waals surface area contributed by atoms with E-state index >= 15 is 0 Å². The Hall–Kier alpha value is -5.34. The zero-order valence-electron chi connectivity index (χ0n) is 35.5. The van der Waals surface area contributed by atoms with Gasteiger partial charge in [0.25, 0.3) is 0 Å². The van der Waals surface area contributed by atoms with E-state index in [0.717, 1.165) is 71.5 Å². The standard InChI is InChI=1S/C46H58N2O12/c1-29(49)55-41-17-11-33(23-43(41)57-31(3)51)9-7-21-47(5)35-13-14-36(47)26-39(25-35)59-45(53)19-20-46(54)60-40-27-37-15-16-38(28-40)48(37,6)22-8-10-34-12-18-42(56-30(2)50)44(24-34)58-32(4)52/h7-8,11-12,17-18,21-24,35-40H,9-10,13-16,19-20,25-28H2,1-6H3/q+2. The van der Waals surface area contributed by atoms with Gasteiger partial charge >= 0.3 is 35.8 Å². The molecule has 0 saturated carbocycles. The number of quaternary nitrogens is 2. The van der Waals surface area contributed by atoms with Crippen LogP contribution in [0.2, 0.25) is 0 Å². The summed E-state index contributed by atoms with van der Waals surface area (Å²) in [7, 11) is 4.43. The Bertz CT molecular complexity index is 1870. The first kappa shape index (κ1) is 44.2. The molecule has 4 aliphatic heterocycles. The lowest BCUT2D eigenvalue weighted by Crippen LogP contribution is -2.55. The third-order valence-corrected chi connectivity index (χ3v) is 12.7. The van der Waals surface area contributed by atoms with Crippen LogP contribution < -0.4 is 18.9 Å². The van der Waals surface area contributed by atoms with Gasteiger partial charge in [0.15, 0.2) is 23.0 Å². The number of esters is 6. The molecule has 4 unspecified atom stereocenters. The highest BCUT2D eigenvalue weighted by Crippen LogP contribution is 2.44. The van der Waals surface area contributed by atoms with Gasteiger partial charge in [0.05, 0.1) is 63.5 Å². The Balaban J connectivity index is 0.938. The van der Waals surface area contributed by atoms with Crippen molar-refractivity contribution in [1.82, 2.24) is 0 Å². The van der Waals surface area contributed by atoms with Gasteiger partial charge in [-0.3, -0.25) is 37.7 Å². The molecule has 0 aliphatic carbocycles. The van der Waals surface area contributed by atoms with Crippen LogP contribution in [0.1, 0.15) is 103 Å². The fraction of sp³-hybridized carbons (Fsp3) is 0.522. The summed E-state index contributed by atoms with van der Waals surface area (Å²) in [5.74, 6) is -1.96. The summed E-state index contributed by atoms with van der Waals surface area (Å²) in [6, 6.07) is 11.5. The van der Waals surface area contributed by atoms with Crippen molar-refractivity contribution >= 4 is 35.8 Å². The number of carbonyl (C=O) groups excluding carboxylic acids is 6. The first-order chi connectivity index (χ1) is 28.5. The number of allylic oxidation sites excluding steroid dienone is 2. The van der Waals surface area contributed by atoms with Crippen molar-refractivity contribution in [3.63, 3.8) is 0 Å². The van der Waals surface area contributed by atoms with Crippen molar-refractivity contribution in [2.75, 3.05) is 14.1 Å². The minimum Gasteiger partial charge on any atom is -0.462 e. The van der Waals surface area contributed by atoms with Crippen molar-refractivity contribution < 1.29 is 66.2 Å². The lowest BCUT2D eigenvalue weighted by atomic mass is 9.97. The highest BCUT2D eigenvalue weighted by atomic mass is 16.6. The van der Waals surface area contributed by atoms with Crippen LogP contribution in [0.15, 0.2) is 61.0 Å². The summed E-state index contributed by atoms with van der Waals surface area (Å²) in [6.07, 6.45) is 16.5. The van der Waals surface area contributed by atoms with Crippen LogP contribution in [-0.2, 0) is 51.1 Å². The minimum absolute atomic E-state index is 0.0145. The summed E-state index contributed by atoms with van der Waals surface area (Å²) in [6.45, 7) is 5.17. The summed E-state index contributed by atoms with van der Waals surface area (Å²) in [5.41, 5.74) is 1.80. The van der Waals surface area contributed by atoms with E-state index in [-0.39, 0.29) is 60.0 Å². The quantitative estimate of drug-likeness (QED) is 0.112. The van der Waals surface area contributed by atoms with Crippen LogP contribution in [0.25, 0.3) is 0 Å². The highest BCUT2D eigenvalue weighted by Gasteiger charge is 2.52. The van der Waals surface area contributed by atoms with Crippen LogP contribution in [-0.4, -0.2) is 95.3 Å². The lowest BCUT2D eigenvalue weighted by molar-refractivity contribution is -0.902. The predicted octanol–water partition coefficient (Wildman–Crippen LogP) is 6.35. The fourth-order valence-corrected chi connectivity index (χ4v) is 9.78. The number of hydrogen-bond acceptors (Lipinski definition) is 12. The molecule has 6 rings (SSSR count). The predicted molar refractivity (Wildman–Crippen MR) is 217 cm³/mol. The van der Waals surface area contributed by atoms with Gasteiger partial charge in [-0.25, -0.2) is 0 Å². The van der Waals surface area contributed by atoms with Gasteiger partial charge in [0, 0.05) is 79.1 Å². The Morgan fingerprint density at radius 2 is 0.833 bits per heavy atom. The van der Waals surface area contributed by atoms with Gasteiger partial charge < -0.3 is 28.4 Å². The third kappa shape index (κ3) is 10.9. The molecule has 4 fully saturated rings. The van der Waals surface area contributed by atoms with Crippen molar-refractivity contribution in [3.8, 4) is 23.0 Å². The number of carbonyl (C=O) groups is 6. The molecule has 0 amide bonds. The van der Waals surface area contributed by atoms with E-state index in [1.807, 2.05) is 12.1 Å². The van der Waals surface area contributed by atoms with E-state index in [9.17, 15) is 28.8 Å². The molecule has 14 heteroatoms. The molecule has 60 heavy (non-hydrogen) atoms. The van der Waals surface area contributed by atoms with Gasteiger partial charge in [-0.05, 0) is 60.4 Å². The van der Waals surface area contributed by atoms with Crippen LogP contribution in [0.5, 0.6) is 23.0 Å². The fourth-order valence-electron chi connectivity index (χ4n) is 9.78. The van der Waals surface area contributed by atoms with Crippen molar-refractivity contribution in [1.29, 1.82) is 0 Å². The Morgan fingerprint density at radius 1 is 0.517 bits per heavy atom. The molecular weight excluding hydrogens is 773 g/mol. The molecule has 0 radical (unpaired) electrons. The third-order valence-electron chi connectivity index (χ3n) is 12.7. The topological polar surface area (TPSA) is 158 Å². The highest BCUT2D eigenvalue weighted by molar-refractivity contribution is 5.78. The number of ether oxygens (including phenoxy) is 6. The average molecular weight is 831 g/mol. The Kier molecular flexibility index (Phi) is 14.0. The molecule has 4 aliphatic rings. The monoisotopic (exact) mass is 830 g/mol. The SMILES string of the molecule is CC(=O)Oc1ccc(CC=C[N+]2(C)C3CCC2CC(OC(=O)CCC(=O)OC2CC4CCC(C2)[N+]4(C)C=CCc2ccc(OC(C)=O)c(OC(C)=O)c2)C3)cc1OC(C)=O. The van der Waals surface area contributed by atoms with E-state index < -0.39 is 23.9 Å². The second kappa shape index (κ2) is 18.9. The van der Waals surface area contributed by atoms with Crippen LogP contribution >= 0.6 is 0 Å². The average Bonchev–Trinajstić information content (AvgIpc) is 3.39. The number of piperidine rings is 2. The maximum atomic E-state index is 13.0. The molecule has 0 aromatic heterocycles. The lowest BCUT2D eigenvalue weighted by Gasteiger charge is -2.44. The van der Waals surface area contributed by atoms with Crippen molar-refractivity contribution in [3.05, 3.63) is 72.1 Å². The molecule has 322 valence electrons. The molecule has 4 heterocycles. The largest absolute Gasteiger partial charge is 0.462 e. The minimum atomic E-state index is -0.504. The normalized spacial score (nSPS) is 28.0. The van der Waals surface area contributed by atoms with E-state index in [2.05, 4.69) is 38.6 Å². The molecule has 2 aromatic carbocycles. The maximum absolute atomic E-state index is 13.0. The van der Waals surface area contributed by atoms with E-state index in [4.69, 9.17) is 28.4 Å². The maximum Gasteiger partial charge on any atom is 0.308 e. The smallest absolute Gasteiger partial charge is 0.308 e. The zero-order valence-corrected chi connectivity index (χ0v) is 35.5. The van der Waals surface area contributed by atoms with Crippen molar-refractivity contribution in [2.45, 2.75) is 141 Å². The van der Waals surface area contributed by atoms with Gasteiger partial charge in [0.2, 0.25) is 0 Å². The molecule has 4 atom stereocenters. The van der Waals surface area contributed by atoms with E-state index in [0.29, 0.717) is 37.0 Å². The van der Waals surface area contributed by atoms with Gasteiger partial charge in [-0.2, -0.15) is 0 Å². The molecular formula is C46H58N2O12+2. The first-order valence-electron chi connectivity index (χ1n) is 21.0. The summed E-state index contributed by atoms with van der Waals surface area (Å²) in [5, 5.41) is 0. The Morgan fingerprint density at radius 3 is 1.15 bits per heavy atom. The number of nitrogens with zero attached hydrogens (tertiary/aromatic N) is 2. The number of benzene rings is 2. The van der Waals surface area contributed by atoms with Gasteiger partial charge in [-0.1, -0.05) is 12.1 Å². The van der Waals surface area contributed by atoms with Crippen molar-refractivity contribution in [2.24, 2.45) is 0 Å². The summed E-state index contributed by atoms with van der Waals surface area (Å²) >= 11 is 0. The summed E-state index contributed by atoms with van der Waals surface area (Å²) < 4.78 is 34.3.